The van der Waals surface area contributed by atoms with Crippen LogP contribution >= 0.6 is 35.3 Å². The van der Waals surface area contributed by atoms with E-state index in [0.29, 0.717) is 0 Å². The molecule has 1 fully saturated rings. The molecule has 0 amide bonds. The van der Waals surface area contributed by atoms with Crippen LogP contribution in [0.2, 0.25) is 0 Å². The molecule has 1 aliphatic heterocycles. The summed E-state index contributed by atoms with van der Waals surface area (Å²) >= 11 is 1.76. The highest BCUT2D eigenvalue weighted by Gasteiger charge is 2.19. The van der Waals surface area contributed by atoms with Crippen molar-refractivity contribution in [3.63, 3.8) is 0 Å². The molecule has 0 aliphatic carbocycles. The van der Waals surface area contributed by atoms with E-state index in [1.54, 1.807) is 11.3 Å². The number of nitrogens with one attached hydrogen (secondary N) is 2. The lowest BCUT2D eigenvalue weighted by atomic mass is 10.0. The van der Waals surface area contributed by atoms with E-state index in [1.165, 1.54) is 37.1 Å². The molecule has 1 saturated heterocycles. The van der Waals surface area contributed by atoms with Gasteiger partial charge in [-0.2, -0.15) is 0 Å². The van der Waals surface area contributed by atoms with Crippen LogP contribution in [0.4, 0.5) is 0 Å². The van der Waals surface area contributed by atoms with Crippen LogP contribution in [-0.4, -0.2) is 43.1 Å². The van der Waals surface area contributed by atoms with Crippen molar-refractivity contribution in [1.82, 2.24) is 15.5 Å². The fraction of sp³-hybridized carbons (Fsp3) is 0.706. The lowest BCUT2D eigenvalue weighted by Crippen LogP contribution is -2.45. The van der Waals surface area contributed by atoms with Gasteiger partial charge < -0.3 is 10.6 Å². The van der Waals surface area contributed by atoms with Crippen molar-refractivity contribution in [1.29, 1.82) is 0 Å². The van der Waals surface area contributed by atoms with Crippen molar-refractivity contribution < 1.29 is 0 Å². The highest BCUT2D eigenvalue weighted by molar-refractivity contribution is 14.0. The predicted octanol–water partition coefficient (Wildman–Crippen LogP) is 3.69. The van der Waals surface area contributed by atoms with Crippen LogP contribution in [0.5, 0.6) is 0 Å². The highest BCUT2D eigenvalue weighted by atomic mass is 127. The lowest BCUT2D eigenvalue weighted by Gasteiger charge is -2.35. The second kappa shape index (κ2) is 12.1. The van der Waals surface area contributed by atoms with Crippen LogP contribution < -0.4 is 10.6 Å². The van der Waals surface area contributed by atoms with Gasteiger partial charge in [0.25, 0.3) is 0 Å². The lowest BCUT2D eigenvalue weighted by molar-refractivity contribution is 0.147. The number of hydrogen-bond donors (Lipinski definition) is 2. The summed E-state index contributed by atoms with van der Waals surface area (Å²) < 4.78 is 0. The van der Waals surface area contributed by atoms with E-state index in [4.69, 9.17) is 0 Å². The zero-order chi connectivity index (χ0) is 15.6. The largest absolute Gasteiger partial charge is 0.357 e. The van der Waals surface area contributed by atoms with Gasteiger partial charge in [-0.3, -0.25) is 4.90 Å². The molecule has 23 heavy (non-hydrogen) atoms. The van der Waals surface area contributed by atoms with E-state index >= 15 is 0 Å². The number of likely N-dealkylation sites (tertiary alicyclic amines) is 1. The van der Waals surface area contributed by atoms with Crippen LogP contribution in [0.25, 0.3) is 0 Å². The molecule has 2 rings (SSSR count). The van der Waals surface area contributed by atoms with Gasteiger partial charge in [-0.15, -0.1) is 35.3 Å². The van der Waals surface area contributed by atoms with Crippen molar-refractivity contribution in [2.75, 3.05) is 26.2 Å². The molecule has 1 atom stereocenters. The summed E-state index contributed by atoms with van der Waals surface area (Å²) in [5, 5.41) is 8.91. The topological polar surface area (TPSA) is 39.7 Å². The zero-order valence-electron chi connectivity index (χ0n) is 14.4. The smallest absolute Gasteiger partial charge is 0.191 e. The van der Waals surface area contributed by atoms with Crippen LogP contribution in [0.3, 0.4) is 0 Å². The molecule has 1 unspecified atom stereocenters. The first kappa shape index (κ1) is 20.7. The fourth-order valence-corrected chi connectivity index (χ4v) is 3.66. The Hall–Kier alpha value is -0.340. The SMILES string of the molecule is CCNC(=NCc1cccs1)NCCN1CCCCC1CC.I. The monoisotopic (exact) mass is 450 g/mol. The summed E-state index contributed by atoms with van der Waals surface area (Å²) in [5.41, 5.74) is 0. The average molecular weight is 450 g/mol. The number of halogens is 1. The Bertz CT molecular complexity index is 436. The molecular weight excluding hydrogens is 419 g/mol. The molecule has 132 valence electrons. The van der Waals surface area contributed by atoms with Crippen molar-refractivity contribution in [3.8, 4) is 0 Å². The number of hydrogen-bond acceptors (Lipinski definition) is 3. The summed E-state index contributed by atoms with van der Waals surface area (Å²) in [6, 6.07) is 5.00. The van der Waals surface area contributed by atoms with E-state index in [0.717, 1.165) is 38.2 Å². The van der Waals surface area contributed by atoms with Crippen molar-refractivity contribution in [2.24, 2.45) is 4.99 Å². The summed E-state index contributed by atoms with van der Waals surface area (Å²) in [7, 11) is 0. The summed E-state index contributed by atoms with van der Waals surface area (Å²) in [5.74, 6) is 0.931. The van der Waals surface area contributed by atoms with Gasteiger partial charge in [0, 0.05) is 30.6 Å². The molecule has 0 aromatic carbocycles. The Kier molecular flexibility index (Phi) is 10.9. The van der Waals surface area contributed by atoms with Crippen LogP contribution in [0.15, 0.2) is 22.5 Å². The van der Waals surface area contributed by atoms with Gasteiger partial charge in [-0.1, -0.05) is 19.4 Å². The van der Waals surface area contributed by atoms with Gasteiger partial charge >= 0.3 is 0 Å². The van der Waals surface area contributed by atoms with Crippen molar-refractivity contribution in [3.05, 3.63) is 22.4 Å². The quantitative estimate of drug-likeness (QED) is 0.378. The van der Waals surface area contributed by atoms with E-state index in [2.05, 4.69) is 51.9 Å². The second-order valence-electron chi connectivity index (χ2n) is 5.80. The number of nitrogens with zero attached hydrogens (tertiary/aromatic N) is 2. The first-order valence-corrected chi connectivity index (χ1v) is 9.50. The number of guanidine groups is 1. The first-order chi connectivity index (χ1) is 10.8. The maximum atomic E-state index is 4.66. The Balaban J connectivity index is 0.00000264. The minimum absolute atomic E-state index is 0. The van der Waals surface area contributed by atoms with Gasteiger partial charge in [-0.05, 0) is 44.2 Å². The van der Waals surface area contributed by atoms with Gasteiger partial charge in [0.05, 0.1) is 6.54 Å². The molecule has 6 heteroatoms. The van der Waals surface area contributed by atoms with Crippen molar-refractivity contribution in [2.45, 2.75) is 52.1 Å². The molecule has 1 aliphatic rings. The fourth-order valence-electron chi connectivity index (χ4n) is 3.04. The van der Waals surface area contributed by atoms with Crippen molar-refractivity contribution >= 4 is 41.3 Å². The zero-order valence-corrected chi connectivity index (χ0v) is 17.5. The van der Waals surface area contributed by atoms with E-state index in [9.17, 15) is 0 Å². The number of rotatable bonds is 7. The normalized spacial score (nSPS) is 19.2. The summed E-state index contributed by atoms with van der Waals surface area (Å²) in [6.07, 6.45) is 5.38. The third-order valence-corrected chi connectivity index (χ3v) is 5.09. The van der Waals surface area contributed by atoms with Gasteiger partial charge in [0.2, 0.25) is 0 Å². The average Bonchev–Trinajstić information content (AvgIpc) is 3.06. The first-order valence-electron chi connectivity index (χ1n) is 8.62. The molecule has 2 N–H and O–H groups in total. The molecule has 0 saturated carbocycles. The number of aliphatic imine (C=N–C) groups is 1. The standard InChI is InChI=1S/C17H30N4S.HI/c1-3-15-8-5-6-11-21(15)12-10-19-17(18-4-2)20-14-16-9-7-13-22-16;/h7,9,13,15H,3-6,8,10-12,14H2,1-2H3,(H2,18,19,20);1H. The minimum Gasteiger partial charge on any atom is -0.357 e. The second-order valence-corrected chi connectivity index (χ2v) is 6.83. The van der Waals surface area contributed by atoms with E-state index in [1.807, 2.05) is 0 Å². The predicted molar refractivity (Wildman–Crippen MR) is 112 cm³/mol. The van der Waals surface area contributed by atoms with Crippen LogP contribution in [-0.2, 0) is 6.54 Å². The molecule has 1 aromatic rings. The van der Waals surface area contributed by atoms with Crippen LogP contribution in [0.1, 0.15) is 44.4 Å². The third kappa shape index (κ3) is 7.39. The Labute approximate surface area is 162 Å². The molecule has 4 nitrogen and oxygen atoms in total. The Morgan fingerprint density at radius 1 is 1.35 bits per heavy atom. The Morgan fingerprint density at radius 2 is 2.22 bits per heavy atom. The minimum atomic E-state index is 0. The van der Waals surface area contributed by atoms with Gasteiger partial charge in [0.15, 0.2) is 5.96 Å². The number of thiophene rings is 1. The molecular formula is C17H31IN4S. The number of piperidine rings is 1. The molecule has 2 heterocycles. The highest BCUT2D eigenvalue weighted by Crippen LogP contribution is 2.18. The molecule has 0 spiro atoms. The maximum absolute atomic E-state index is 4.66. The summed E-state index contributed by atoms with van der Waals surface area (Å²) in [6.45, 7) is 9.41. The van der Waals surface area contributed by atoms with E-state index < -0.39 is 0 Å². The van der Waals surface area contributed by atoms with Gasteiger partial charge in [0.1, 0.15) is 0 Å². The molecule has 1 aromatic heterocycles. The van der Waals surface area contributed by atoms with Crippen LogP contribution in [0, 0.1) is 0 Å². The Morgan fingerprint density at radius 3 is 2.91 bits per heavy atom. The van der Waals surface area contributed by atoms with E-state index in [-0.39, 0.29) is 24.0 Å². The van der Waals surface area contributed by atoms with Gasteiger partial charge in [-0.25, -0.2) is 4.99 Å². The summed E-state index contributed by atoms with van der Waals surface area (Å²) in [4.78, 5) is 8.61. The third-order valence-electron chi connectivity index (χ3n) is 4.23. The molecule has 0 radical (unpaired) electrons. The maximum Gasteiger partial charge on any atom is 0.191 e. The molecule has 0 bridgehead atoms.